The highest BCUT2D eigenvalue weighted by molar-refractivity contribution is 5.28. The van der Waals surface area contributed by atoms with Crippen molar-refractivity contribution < 1.29 is 0 Å². The van der Waals surface area contributed by atoms with Crippen LogP contribution >= 0.6 is 0 Å². The van der Waals surface area contributed by atoms with Crippen LogP contribution < -0.4 is 10.7 Å². The van der Waals surface area contributed by atoms with Gasteiger partial charge < -0.3 is 4.57 Å². The van der Waals surface area contributed by atoms with E-state index in [4.69, 9.17) is 0 Å². The zero-order valence-electron chi connectivity index (χ0n) is 11.8. The summed E-state index contributed by atoms with van der Waals surface area (Å²) in [5.41, 5.74) is 2.65. The van der Waals surface area contributed by atoms with E-state index in [0.717, 1.165) is 24.3 Å². The van der Waals surface area contributed by atoms with E-state index in [9.17, 15) is 0 Å². The van der Waals surface area contributed by atoms with Gasteiger partial charge in [-0.05, 0) is 68.4 Å². The highest BCUT2D eigenvalue weighted by Gasteiger charge is 2.38. The topological polar surface area (TPSA) is 4.93 Å². The molecule has 3 atom stereocenters. The second-order valence-corrected chi connectivity index (χ2v) is 6.52. The van der Waals surface area contributed by atoms with Crippen LogP contribution in [0.4, 0.5) is 0 Å². The fourth-order valence-electron chi connectivity index (χ4n) is 4.30. The second kappa shape index (κ2) is 4.29. The Balaban J connectivity index is 1.73. The van der Waals surface area contributed by atoms with E-state index in [-0.39, 0.29) is 0 Å². The van der Waals surface area contributed by atoms with Gasteiger partial charge in [-0.15, -0.1) is 0 Å². The van der Waals surface area contributed by atoms with E-state index in [1.807, 2.05) is 0 Å². The molecule has 1 nitrogen and oxygen atoms in total. The summed E-state index contributed by atoms with van der Waals surface area (Å²) in [5.74, 6) is 3.08. The fourth-order valence-corrected chi connectivity index (χ4v) is 4.30. The van der Waals surface area contributed by atoms with Gasteiger partial charge in [-0.2, -0.15) is 0 Å². The van der Waals surface area contributed by atoms with E-state index in [1.54, 1.807) is 0 Å². The van der Waals surface area contributed by atoms with Crippen molar-refractivity contribution in [2.75, 3.05) is 0 Å². The highest BCUT2D eigenvalue weighted by atomic mass is 15.0. The van der Waals surface area contributed by atoms with E-state index >= 15 is 0 Å². The largest absolute Gasteiger partial charge is 0.342 e. The van der Waals surface area contributed by atoms with Crippen molar-refractivity contribution in [3.63, 3.8) is 0 Å². The molecular formula is C17H25N. The molecule has 2 aliphatic carbocycles. The molecule has 3 unspecified atom stereocenters. The third kappa shape index (κ3) is 1.75. The first-order valence-electron chi connectivity index (χ1n) is 7.41. The van der Waals surface area contributed by atoms with E-state index in [2.05, 4.69) is 31.6 Å². The monoisotopic (exact) mass is 243 g/mol. The molecule has 0 aliphatic heterocycles. The van der Waals surface area contributed by atoms with Crippen LogP contribution in [0, 0.1) is 31.6 Å². The Morgan fingerprint density at radius 1 is 1.06 bits per heavy atom. The Labute approximate surface area is 110 Å². The normalized spacial score (nSPS) is 30.2. The summed E-state index contributed by atoms with van der Waals surface area (Å²) in [6.45, 7) is 13.9. The fraction of sp³-hybridized carbons (Fsp3) is 0.647. The molecule has 1 heteroatoms. The van der Waals surface area contributed by atoms with Gasteiger partial charge >= 0.3 is 0 Å². The number of hydrogen-bond acceptors (Lipinski definition) is 0. The van der Waals surface area contributed by atoms with E-state index < -0.39 is 0 Å². The van der Waals surface area contributed by atoms with Crippen LogP contribution in [0.25, 0.3) is 13.2 Å². The third-order valence-corrected chi connectivity index (χ3v) is 5.69. The van der Waals surface area contributed by atoms with Gasteiger partial charge in [0.1, 0.15) is 0 Å². The van der Waals surface area contributed by atoms with Crippen LogP contribution in [0.3, 0.4) is 0 Å². The summed E-state index contributed by atoms with van der Waals surface area (Å²) in [7, 11) is 0. The number of aromatic nitrogens is 1. The van der Waals surface area contributed by atoms with Crippen LogP contribution in [0.15, 0.2) is 0 Å². The van der Waals surface area contributed by atoms with Crippen LogP contribution in [-0.4, -0.2) is 4.57 Å². The van der Waals surface area contributed by atoms with Gasteiger partial charge in [0.2, 0.25) is 0 Å². The van der Waals surface area contributed by atoms with Gasteiger partial charge in [0, 0.05) is 17.2 Å². The minimum atomic E-state index is 0.977. The van der Waals surface area contributed by atoms with Crippen LogP contribution in [0.2, 0.25) is 0 Å². The zero-order valence-corrected chi connectivity index (χ0v) is 11.8. The molecule has 0 N–H and O–H groups in total. The molecule has 0 saturated heterocycles. The number of fused-ring (bicyclic) bond motifs is 2. The molecule has 1 heterocycles. The molecule has 1 aromatic heterocycles. The standard InChI is InChI=1S/C17H25N/c1-11-12(2)14(4)18(13(11)3)8-7-17-10-15-5-6-16(17)9-15/h15-17H,3-10H2,1-2H3. The number of rotatable bonds is 3. The Bertz CT molecular complexity index is 518. The van der Waals surface area contributed by atoms with Crippen molar-refractivity contribution in [2.24, 2.45) is 17.8 Å². The molecule has 3 rings (SSSR count). The molecule has 0 amide bonds. The predicted octanol–water partition coefficient (Wildman–Crippen LogP) is 2.75. The first-order chi connectivity index (χ1) is 8.58. The summed E-state index contributed by atoms with van der Waals surface area (Å²) in [5, 5.41) is 2.36. The molecule has 1 aromatic rings. The van der Waals surface area contributed by atoms with Crippen LogP contribution in [0.5, 0.6) is 0 Å². The molecule has 2 fully saturated rings. The molecule has 18 heavy (non-hydrogen) atoms. The van der Waals surface area contributed by atoms with Crippen LogP contribution in [-0.2, 0) is 6.54 Å². The Morgan fingerprint density at radius 2 is 1.72 bits per heavy atom. The minimum absolute atomic E-state index is 0.977. The van der Waals surface area contributed by atoms with Gasteiger partial charge in [-0.25, -0.2) is 0 Å². The molecule has 2 saturated carbocycles. The lowest BCUT2D eigenvalue weighted by atomic mass is 9.86. The predicted molar refractivity (Wildman–Crippen MR) is 77.8 cm³/mol. The summed E-state index contributed by atoms with van der Waals surface area (Å²) in [6, 6.07) is 0. The van der Waals surface area contributed by atoms with E-state index in [0.29, 0.717) is 0 Å². The summed E-state index contributed by atoms with van der Waals surface area (Å²) in [6.07, 6.45) is 7.34. The smallest absolute Gasteiger partial charge is 0.0370 e. The highest BCUT2D eigenvalue weighted by Crippen LogP contribution is 2.49. The average molecular weight is 243 g/mol. The first kappa shape index (κ1) is 12.1. The number of hydrogen-bond donors (Lipinski definition) is 0. The summed E-state index contributed by atoms with van der Waals surface area (Å²) in [4.78, 5) is 0. The second-order valence-electron chi connectivity index (χ2n) is 6.52. The molecule has 2 bridgehead atoms. The Kier molecular flexibility index (Phi) is 2.88. The summed E-state index contributed by atoms with van der Waals surface area (Å²) >= 11 is 0. The maximum absolute atomic E-state index is 4.22. The Morgan fingerprint density at radius 3 is 2.22 bits per heavy atom. The van der Waals surface area contributed by atoms with Crippen molar-refractivity contribution in [1.82, 2.24) is 4.57 Å². The maximum Gasteiger partial charge on any atom is 0.0370 e. The van der Waals surface area contributed by atoms with Gasteiger partial charge in [-0.1, -0.05) is 19.6 Å². The molecule has 98 valence electrons. The van der Waals surface area contributed by atoms with Crippen LogP contribution in [0.1, 0.15) is 43.2 Å². The molecule has 0 aromatic carbocycles. The van der Waals surface area contributed by atoms with Crippen molar-refractivity contribution in [1.29, 1.82) is 0 Å². The van der Waals surface area contributed by atoms with Crippen molar-refractivity contribution in [2.45, 2.75) is 52.5 Å². The Hall–Kier alpha value is -0.980. The minimum Gasteiger partial charge on any atom is -0.342 e. The number of nitrogens with zero attached hydrogens (tertiary/aromatic N) is 1. The molecule has 0 spiro atoms. The van der Waals surface area contributed by atoms with Crippen molar-refractivity contribution in [3.8, 4) is 0 Å². The quantitative estimate of drug-likeness (QED) is 0.769. The van der Waals surface area contributed by atoms with Crippen molar-refractivity contribution >= 4 is 13.2 Å². The molecule has 0 radical (unpaired) electrons. The summed E-state index contributed by atoms with van der Waals surface area (Å²) < 4.78 is 2.34. The molecule has 2 aliphatic rings. The van der Waals surface area contributed by atoms with Gasteiger partial charge in [0.25, 0.3) is 0 Å². The SMILES string of the molecule is C=c1c(C)c(C)c(=C)n1CCC1CC2CCC1C2. The zero-order chi connectivity index (χ0) is 12.9. The lowest BCUT2D eigenvalue weighted by Gasteiger charge is -2.21. The van der Waals surface area contributed by atoms with Gasteiger partial charge in [0.05, 0.1) is 0 Å². The lowest BCUT2D eigenvalue weighted by Crippen LogP contribution is -2.27. The first-order valence-corrected chi connectivity index (χ1v) is 7.41. The lowest BCUT2D eigenvalue weighted by molar-refractivity contribution is 0.299. The average Bonchev–Trinajstić information content (AvgIpc) is 3.02. The third-order valence-electron chi connectivity index (χ3n) is 5.69. The van der Waals surface area contributed by atoms with Gasteiger partial charge in [0.15, 0.2) is 0 Å². The molecular weight excluding hydrogens is 218 g/mol. The van der Waals surface area contributed by atoms with E-state index in [1.165, 1.54) is 53.9 Å². The van der Waals surface area contributed by atoms with Gasteiger partial charge in [-0.3, -0.25) is 0 Å². The van der Waals surface area contributed by atoms with Crippen molar-refractivity contribution in [3.05, 3.63) is 21.8 Å². The maximum atomic E-state index is 4.22.